The fourth-order valence-corrected chi connectivity index (χ4v) is 2.13. The van der Waals surface area contributed by atoms with Crippen LogP contribution in [0.25, 0.3) is 10.8 Å². The van der Waals surface area contributed by atoms with Crippen molar-refractivity contribution < 1.29 is 4.79 Å². The molecule has 0 atom stereocenters. The molecular weight excluding hydrogens is 220 g/mol. The average molecular weight is 233 g/mol. The summed E-state index contributed by atoms with van der Waals surface area (Å²) in [5, 5.41) is 2.13. The van der Waals surface area contributed by atoms with Gasteiger partial charge in [-0.05, 0) is 23.3 Å². The molecule has 2 rings (SSSR count). The van der Waals surface area contributed by atoms with Crippen molar-refractivity contribution in [3.05, 3.63) is 47.5 Å². The number of hydrogen-bond donors (Lipinski definition) is 0. The van der Waals surface area contributed by atoms with Crippen molar-refractivity contribution >= 4 is 28.2 Å². The zero-order chi connectivity index (χ0) is 11.5. The van der Waals surface area contributed by atoms with E-state index in [-0.39, 0.29) is 5.78 Å². The van der Waals surface area contributed by atoms with Crippen LogP contribution in [0.2, 0.25) is 0 Å². The van der Waals surface area contributed by atoms with E-state index in [1.165, 1.54) is 0 Å². The lowest BCUT2D eigenvalue weighted by atomic mass is 9.96. The third-order valence-corrected chi connectivity index (χ3v) is 2.93. The molecule has 0 bridgehead atoms. The molecule has 0 aliphatic heterocycles. The van der Waals surface area contributed by atoms with Gasteiger partial charge in [-0.1, -0.05) is 36.4 Å². The van der Waals surface area contributed by atoms with E-state index in [0.29, 0.717) is 12.3 Å². The first kappa shape index (κ1) is 11.2. The van der Waals surface area contributed by atoms with E-state index in [1.807, 2.05) is 43.3 Å². The molecule has 1 nitrogen and oxygen atoms in total. The third-order valence-electron chi connectivity index (χ3n) is 2.74. The second-order valence-electron chi connectivity index (χ2n) is 3.84. The summed E-state index contributed by atoms with van der Waals surface area (Å²) in [5.74, 6) is 0.505. The van der Waals surface area contributed by atoms with E-state index in [0.717, 1.165) is 21.9 Å². The molecule has 0 fully saturated rings. The lowest BCUT2D eigenvalue weighted by Gasteiger charge is -2.08. The van der Waals surface area contributed by atoms with Crippen LogP contribution in [0.4, 0.5) is 0 Å². The van der Waals surface area contributed by atoms with Crippen molar-refractivity contribution in [1.29, 1.82) is 0 Å². The minimum atomic E-state index is 0.129. The Bertz CT molecular complexity index is 531. The number of hydrogen-bond acceptors (Lipinski definition) is 1. The monoisotopic (exact) mass is 232 g/mol. The van der Waals surface area contributed by atoms with Crippen molar-refractivity contribution in [2.75, 3.05) is 5.88 Å². The number of aryl methyl sites for hydroxylation is 1. The van der Waals surface area contributed by atoms with Crippen LogP contribution < -0.4 is 0 Å². The number of halogens is 1. The lowest BCUT2D eigenvalue weighted by molar-refractivity contribution is 0.0990. The summed E-state index contributed by atoms with van der Waals surface area (Å²) in [4.78, 5) is 12.0. The van der Waals surface area contributed by atoms with Gasteiger partial charge in [-0.15, -0.1) is 11.6 Å². The van der Waals surface area contributed by atoms with Crippen LogP contribution in [-0.2, 0) is 0 Å². The van der Waals surface area contributed by atoms with Gasteiger partial charge in [0.25, 0.3) is 0 Å². The number of Topliss-reactive ketones (excluding diaryl/α,β-unsaturated/α-hetero) is 1. The molecule has 0 aliphatic rings. The Morgan fingerprint density at radius 1 is 1.19 bits per heavy atom. The molecule has 82 valence electrons. The summed E-state index contributed by atoms with van der Waals surface area (Å²) in [7, 11) is 0. The first-order valence-corrected chi connectivity index (χ1v) is 5.85. The first-order valence-electron chi connectivity index (χ1n) is 5.31. The molecule has 0 N–H and O–H groups in total. The fourth-order valence-electron chi connectivity index (χ4n) is 1.96. The molecule has 2 aromatic carbocycles. The summed E-state index contributed by atoms with van der Waals surface area (Å²) in [6.07, 6.45) is 0.399. The van der Waals surface area contributed by atoms with Gasteiger partial charge in [-0.3, -0.25) is 4.79 Å². The van der Waals surface area contributed by atoms with Crippen LogP contribution in [0.5, 0.6) is 0 Å². The minimum Gasteiger partial charge on any atom is -0.294 e. The van der Waals surface area contributed by atoms with Gasteiger partial charge >= 0.3 is 0 Å². The molecule has 0 radical (unpaired) electrons. The second kappa shape index (κ2) is 4.67. The van der Waals surface area contributed by atoms with Gasteiger partial charge in [-0.2, -0.15) is 0 Å². The molecule has 0 saturated heterocycles. The van der Waals surface area contributed by atoms with Crippen LogP contribution >= 0.6 is 11.6 Å². The van der Waals surface area contributed by atoms with Gasteiger partial charge in [0.15, 0.2) is 5.78 Å². The molecule has 0 heterocycles. The molecule has 0 amide bonds. The molecule has 16 heavy (non-hydrogen) atoms. The summed E-state index contributed by atoms with van der Waals surface area (Å²) >= 11 is 5.63. The highest BCUT2D eigenvalue weighted by Gasteiger charge is 2.11. The summed E-state index contributed by atoms with van der Waals surface area (Å²) in [6, 6.07) is 12.0. The van der Waals surface area contributed by atoms with E-state index in [4.69, 9.17) is 11.6 Å². The van der Waals surface area contributed by atoms with E-state index < -0.39 is 0 Å². The summed E-state index contributed by atoms with van der Waals surface area (Å²) in [6.45, 7) is 1.97. The minimum absolute atomic E-state index is 0.129. The Hall–Kier alpha value is -1.34. The molecule has 0 aliphatic carbocycles. The van der Waals surface area contributed by atoms with Gasteiger partial charge < -0.3 is 0 Å². The van der Waals surface area contributed by atoms with Crippen LogP contribution in [0, 0.1) is 6.92 Å². The molecular formula is C14H13ClO. The predicted molar refractivity (Wildman–Crippen MR) is 68.4 cm³/mol. The fraction of sp³-hybridized carbons (Fsp3) is 0.214. The number of ketones is 1. The first-order chi connectivity index (χ1) is 7.74. The Labute approximate surface area is 100 Å². The number of benzene rings is 2. The lowest BCUT2D eigenvalue weighted by Crippen LogP contribution is -2.03. The van der Waals surface area contributed by atoms with Gasteiger partial charge in [0.1, 0.15) is 0 Å². The van der Waals surface area contributed by atoms with E-state index in [2.05, 4.69) is 0 Å². The number of carbonyl (C=O) groups is 1. The van der Waals surface area contributed by atoms with Crippen LogP contribution in [-0.4, -0.2) is 11.7 Å². The zero-order valence-electron chi connectivity index (χ0n) is 9.16. The van der Waals surface area contributed by atoms with Crippen molar-refractivity contribution in [1.82, 2.24) is 0 Å². The van der Waals surface area contributed by atoms with Crippen molar-refractivity contribution in [2.24, 2.45) is 0 Å². The Balaban J connectivity index is 2.66. The number of rotatable bonds is 3. The molecule has 0 aromatic heterocycles. The van der Waals surface area contributed by atoms with Crippen LogP contribution in [0.15, 0.2) is 36.4 Å². The van der Waals surface area contributed by atoms with Gasteiger partial charge in [0.2, 0.25) is 0 Å². The standard InChI is InChI=1S/C14H13ClO/c1-10-6-7-11-4-2-3-5-12(11)14(10)13(16)8-9-15/h2-7H,8-9H2,1H3. The quantitative estimate of drug-likeness (QED) is 0.578. The second-order valence-corrected chi connectivity index (χ2v) is 4.22. The molecule has 0 unspecified atom stereocenters. The number of alkyl halides is 1. The summed E-state index contributed by atoms with van der Waals surface area (Å²) in [5.41, 5.74) is 1.84. The highest BCUT2D eigenvalue weighted by Crippen LogP contribution is 2.23. The number of fused-ring (bicyclic) bond motifs is 1. The van der Waals surface area contributed by atoms with Crippen LogP contribution in [0.3, 0.4) is 0 Å². The molecule has 2 aromatic rings. The smallest absolute Gasteiger partial charge is 0.164 e. The topological polar surface area (TPSA) is 17.1 Å². The number of carbonyl (C=O) groups excluding carboxylic acids is 1. The Morgan fingerprint density at radius 2 is 1.94 bits per heavy atom. The van der Waals surface area contributed by atoms with Gasteiger partial charge in [0.05, 0.1) is 0 Å². The van der Waals surface area contributed by atoms with E-state index >= 15 is 0 Å². The maximum absolute atomic E-state index is 12.0. The molecule has 2 heteroatoms. The normalized spacial score (nSPS) is 10.6. The predicted octanol–water partition coefficient (Wildman–Crippen LogP) is 3.96. The van der Waals surface area contributed by atoms with Gasteiger partial charge in [0, 0.05) is 17.9 Å². The Morgan fingerprint density at radius 3 is 2.69 bits per heavy atom. The SMILES string of the molecule is Cc1ccc2ccccc2c1C(=O)CCCl. The highest BCUT2D eigenvalue weighted by atomic mass is 35.5. The Kier molecular flexibility index (Phi) is 3.25. The maximum atomic E-state index is 12.0. The van der Waals surface area contributed by atoms with Gasteiger partial charge in [-0.25, -0.2) is 0 Å². The van der Waals surface area contributed by atoms with E-state index in [1.54, 1.807) is 0 Å². The zero-order valence-corrected chi connectivity index (χ0v) is 9.92. The van der Waals surface area contributed by atoms with Crippen molar-refractivity contribution in [2.45, 2.75) is 13.3 Å². The van der Waals surface area contributed by atoms with Crippen LogP contribution in [0.1, 0.15) is 22.3 Å². The summed E-state index contributed by atoms with van der Waals surface area (Å²) < 4.78 is 0. The third kappa shape index (κ3) is 1.96. The molecule has 0 saturated carbocycles. The van der Waals surface area contributed by atoms with Crippen molar-refractivity contribution in [3.8, 4) is 0 Å². The maximum Gasteiger partial charge on any atom is 0.164 e. The van der Waals surface area contributed by atoms with Crippen molar-refractivity contribution in [3.63, 3.8) is 0 Å². The average Bonchev–Trinajstić information content (AvgIpc) is 2.29. The highest BCUT2D eigenvalue weighted by molar-refractivity contribution is 6.20. The largest absolute Gasteiger partial charge is 0.294 e. The van der Waals surface area contributed by atoms with E-state index in [9.17, 15) is 4.79 Å². The molecule has 0 spiro atoms.